The number of hydrogen-bond donors (Lipinski definition) is 2. The Labute approximate surface area is 210 Å². The highest BCUT2D eigenvalue weighted by Gasteiger charge is 2.49. The van der Waals surface area contributed by atoms with Gasteiger partial charge >= 0.3 is 6.03 Å². The van der Waals surface area contributed by atoms with Gasteiger partial charge in [-0.1, -0.05) is 36.4 Å². The first kappa shape index (κ1) is 24.0. The van der Waals surface area contributed by atoms with Crippen LogP contribution in [0.25, 0.3) is 11.1 Å². The normalized spacial score (nSPS) is 21.9. The molecule has 7 heteroatoms. The van der Waals surface area contributed by atoms with Crippen LogP contribution in [0, 0.1) is 17.1 Å². The van der Waals surface area contributed by atoms with Gasteiger partial charge in [0.2, 0.25) is 0 Å². The van der Waals surface area contributed by atoms with Crippen LogP contribution in [0.4, 0.5) is 14.9 Å². The third kappa shape index (κ3) is 4.83. The van der Waals surface area contributed by atoms with Crippen molar-refractivity contribution in [3.05, 3.63) is 89.7 Å². The molecule has 6 nitrogen and oxygen atoms in total. The number of nitrogens with one attached hydrogen (secondary N) is 1. The standard InChI is InChI=1S/C29H29FN4O2/c30-24-10-12-25(13-11-24)32-29(36)33-14-1-2-15-34-26(18-33)28(27(34)19-35)22-8-6-21(7-9-22)23-5-3-4-20(16-23)17-31/h3-13,16,26-28,35H,1-2,14-15,18-19H2,(H,32,36)/t26-,27+,28+/m1/s1. The molecule has 0 saturated carbocycles. The molecule has 36 heavy (non-hydrogen) atoms. The number of carbonyl (C=O) groups is 1. The van der Waals surface area contributed by atoms with E-state index in [-0.39, 0.29) is 36.5 Å². The minimum atomic E-state index is -0.342. The van der Waals surface area contributed by atoms with Crippen LogP contribution >= 0.6 is 0 Å². The number of hydrogen-bond acceptors (Lipinski definition) is 4. The Morgan fingerprint density at radius 3 is 2.50 bits per heavy atom. The maximum atomic E-state index is 13.2. The van der Waals surface area contributed by atoms with E-state index in [4.69, 9.17) is 0 Å². The van der Waals surface area contributed by atoms with Crippen molar-refractivity contribution in [3.8, 4) is 17.2 Å². The fourth-order valence-electron chi connectivity index (χ4n) is 5.53. The predicted octanol–water partition coefficient (Wildman–Crippen LogP) is 4.82. The summed E-state index contributed by atoms with van der Waals surface area (Å²) in [7, 11) is 0. The number of benzene rings is 3. The number of aliphatic hydroxyl groups is 1. The molecule has 2 aliphatic rings. The molecule has 2 aliphatic heterocycles. The lowest BCUT2D eigenvalue weighted by molar-refractivity contribution is -0.0585. The van der Waals surface area contributed by atoms with Crippen LogP contribution in [-0.2, 0) is 0 Å². The highest BCUT2D eigenvalue weighted by Crippen LogP contribution is 2.42. The Hall–Kier alpha value is -3.73. The highest BCUT2D eigenvalue weighted by molar-refractivity contribution is 5.89. The van der Waals surface area contributed by atoms with Crippen molar-refractivity contribution in [1.29, 1.82) is 5.26 Å². The average Bonchev–Trinajstić information content (AvgIpc) is 2.89. The van der Waals surface area contributed by atoms with Gasteiger partial charge in [-0.2, -0.15) is 5.26 Å². The van der Waals surface area contributed by atoms with E-state index in [1.165, 1.54) is 12.1 Å². The molecule has 184 valence electrons. The number of aliphatic hydroxyl groups excluding tert-OH is 1. The molecule has 0 aliphatic carbocycles. The Morgan fingerprint density at radius 1 is 1.03 bits per heavy atom. The zero-order valence-electron chi connectivity index (χ0n) is 20.0. The summed E-state index contributed by atoms with van der Waals surface area (Å²) in [5.74, 6) is -0.236. The molecule has 0 radical (unpaired) electrons. The monoisotopic (exact) mass is 484 g/mol. The first-order valence-corrected chi connectivity index (χ1v) is 12.4. The molecule has 3 aromatic rings. The second-order valence-electron chi connectivity index (χ2n) is 9.49. The van der Waals surface area contributed by atoms with E-state index in [1.54, 1.807) is 18.2 Å². The molecule has 3 aromatic carbocycles. The first-order valence-electron chi connectivity index (χ1n) is 12.4. The molecule has 0 aromatic heterocycles. The molecular formula is C29H29FN4O2. The van der Waals surface area contributed by atoms with Crippen molar-refractivity contribution < 1.29 is 14.3 Å². The SMILES string of the molecule is N#Cc1cccc(-c2ccc([C@H]3[C@H]4CN(C(=O)Nc5ccc(F)cc5)CCCCN4[C@H]3CO)cc2)c1. The number of carbonyl (C=O) groups excluding carboxylic acids is 1. The van der Waals surface area contributed by atoms with E-state index in [0.717, 1.165) is 36.1 Å². The number of anilines is 1. The largest absolute Gasteiger partial charge is 0.395 e. The Bertz CT molecular complexity index is 1260. The van der Waals surface area contributed by atoms with E-state index in [0.29, 0.717) is 24.3 Å². The van der Waals surface area contributed by atoms with Gasteiger partial charge < -0.3 is 15.3 Å². The topological polar surface area (TPSA) is 79.6 Å². The van der Waals surface area contributed by atoms with Gasteiger partial charge in [0.05, 0.1) is 18.2 Å². The van der Waals surface area contributed by atoms with Gasteiger partial charge in [0, 0.05) is 36.8 Å². The van der Waals surface area contributed by atoms with Gasteiger partial charge in [-0.05, 0) is 72.5 Å². The zero-order chi connectivity index (χ0) is 25.1. The maximum Gasteiger partial charge on any atom is 0.321 e. The van der Waals surface area contributed by atoms with Gasteiger partial charge in [0.15, 0.2) is 0 Å². The van der Waals surface area contributed by atoms with E-state index < -0.39 is 0 Å². The number of nitriles is 1. The molecule has 0 spiro atoms. The van der Waals surface area contributed by atoms with Crippen molar-refractivity contribution in [2.45, 2.75) is 30.8 Å². The fraction of sp³-hybridized carbons (Fsp3) is 0.310. The summed E-state index contributed by atoms with van der Waals surface area (Å²) in [6.07, 6.45) is 1.84. The summed E-state index contributed by atoms with van der Waals surface area (Å²) in [6, 6.07) is 23.8. The van der Waals surface area contributed by atoms with Crippen LogP contribution in [0.5, 0.6) is 0 Å². The maximum absolute atomic E-state index is 13.2. The number of nitrogens with zero attached hydrogens (tertiary/aromatic N) is 3. The minimum Gasteiger partial charge on any atom is -0.395 e. The summed E-state index contributed by atoms with van der Waals surface area (Å²) >= 11 is 0. The predicted molar refractivity (Wildman–Crippen MR) is 137 cm³/mol. The third-order valence-corrected chi connectivity index (χ3v) is 7.37. The lowest BCUT2D eigenvalue weighted by Gasteiger charge is -2.57. The van der Waals surface area contributed by atoms with Gasteiger partial charge in [0.1, 0.15) is 5.82 Å². The summed E-state index contributed by atoms with van der Waals surface area (Å²) in [5.41, 5.74) is 4.35. The third-order valence-electron chi connectivity index (χ3n) is 7.37. The summed E-state index contributed by atoms with van der Waals surface area (Å²) in [5, 5.41) is 22.3. The number of fused-ring (bicyclic) bond motifs is 1. The minimum absolute atomic E-state index is 0.0166. The molecule has 2 fully saturated rings. The molecule has 5 rings (SSSR count). The van der Waals surface area contributed by atoms with Crippen LogP contribution in [0.15, 0.2) is 72.8 Å². The number of halogens is 1. The van der Waals surface area contributed by atoms with Gasteiger partial charge in [0.25, 0.3) is 0 Å². The molecule has 2 heterocycles. The molecule has 2 amide bonds. The fourth-order valence-corrected chi connectivity index (χ4v) is 5.53. The highest BCUT2D eigenvalue weighted by atomic mass is 19.1. The number of amides is 2. The lowest BCUT2D eigenvalue weighted by Crippen LogP contribution is -2.68. The summed E-state index contributed by atoms with van der Waals surface area (Å²) in [4.78, 5) is 17.2. The van der Waals surface area contributed by atoms with Crippen molar-refractivity contribution in [2.75, 3.05) is 31.6 Å². The molecule has 0 unspecified atom stereocenters. The van der Waals surface area contributed by atoms with Crippen molar-refractivity contribution in [1.82, 2.24) is 9.80 Å². The second-order valence-corrected chi connectivity index (χ2v) is 9.49. The van der Waals surface area contributed by atoms with E-state index in [9.17, 15) is 19.6 Å². The van der Waals surface area contributed by atoms with Crippen molar-refractivity contribution in [3.63, 3.8) is 0 Å². The van der Waals surface area contributed by atoms with Gasteiger partial charge in [-0.15, -0.1) is 0 Å². The van der Waals surface area contributed by atoms with Crippen LogP contribution in [-0.4, -0.2) is 59.3 Å². The average molecular weight is 485 g/mol. The lowest BCUT2D eigenvalue weighted by atomic mass is 9.74. The van der Waals surface area contributed by atoms with E-state index in [2.05, 4.69) is 40.6 Å². The molecule has 2 N–H and O–H groups in total. The van der Waals surface area contributed by atoms with Crippen LogP contribution in [0.1, 0.15) is 29.9 Å². The van der Waals surface area contributed by atoms with E-state index in [1.807, 2.05) is 23.1 Å². The van der Waals surface area contributed by atoms with Gasteiger partial charge in [-0.25, -0.2) is 9.18 Å². The molecule has 0 bridgehead atoms. The van der Waals surface area contributed by atoms with E-state index >= 15 is 0 Å². The zero-order valence-corrected chi connectivity index (χ0v) is 20.0. The number of urea groups is 1. The van der Waals surface area contributed by atoms with Crippen molar-refractivity contribution >= 4 is 11.7 Å². The smallest absolute Gasteiger partial charge is 0.321 e. The van der Waals surface area contributed by atoms with Crippen LogP contribution in [0.3, 0.4) is 0 Å². The Morgan fingerprint density at radius 2 is 1.78 bits per heavy atom. The summed E-state index contributed by atoms with van der Waals surface area (Å²) < 4.78 is 13.2. The Kier molecular flexibility index (Phi) is 6.99. The Balaban J connectivity index is 1.34. The second kappa shape index (κ2) is 10.5. The molecule has 2 saturated heterocycles. The van der Waals surface area contributed by atoms with Crippen LogP contribution in [0.2, 0.25) is 0 Å². The molecule has 3 atom stereocenters. The summed E-state index contributed by atoms with van der Waals surface area (Å²) in [6.45, 7) is 2.18. The molecular weight excluding hydrogens is 455 g/mol. The van der Waals surface area contributed by atoms with Crippen molar-refractivity contribution in [2.24, 2.45) is 0 Å². The number of rotatable bonds is 4. The first-order chi connectivity index (χ1) is 17.6. The van der Waals surface area contributed by atoms with Crippen LogP contribution < -0.4 is 5.32 Å². The van der Waals surface area contributed by atoms with Gasteiger partial charge in [-0.3, -0.25) is 4.90 Å². The quantitative estimate of drug-likeness (QED) is 0.557.